The number of carbonyl (C=O) groups excluding carboxylic acids is 2. The summed E-state index contributed by atoms with van der Waals surface area (Å²) in [5.41, 5.74) is 0.667. The highest BCUT2D eigenvalue weighted by atomic mass is 16.3. The predicted octanol–water partition coefficient (Wildman–Crippen LogP) is 1.24. The molecule has 0 spiro atoms. The Balaban J connectivity index is 1.62. The van der Waals surface area contributed by atoms with Crippen LogP contribution in [0.4, 0.5) is 0 Å². The van der Waals surface area contributed by atoms with Gasteiger partial charge in [-0.15, -0.1) is 0 Å². The van der Waals surface area contributed by atoms with Crippen molar-refractivity contribution in [2.45, 2.75) is 19.3 Å². The summed E-state index contributed by atoms with van der Waals surface area (Å²) in [5, 5.41) is 5.62. The number of benzene rings is 1. The molecule has 0 atom stereocenters. The van der Waals surface area contributed by atoms with Crippen molar-refractivity contribution < 1.29 is 18.9 Å². The molecular weight excluding hydrogens is 342 g/mol. The monoisotopic (exact) mass is 368 g/mol. The number of nitrogens with one attached hydrogen (secondary N) is 3. The summed E-state index contributed by atoms with van der Waals surface area (Å²) < 4.78 is 5.29. The highest BCUT2D eigenvalue weighted by Crippen LogP contribution is 2.07. The first kappa shape index (κ1) is 18.9. The van der Waals surface area contributed by atoms with E-state index in [1.54, 1.807) is 42.5 Å². The zero-order chi connectivity index (χ0) is 18.9. The molecule has 1 saturated heterocycles. The summed E-state index contributed by atoms with van der Waals surface area (Å²) in [4.78, 5) is 26.6. The average molecular weight is 368 g/mol. The first-order valence-electron chi connectivity index (χ1n) is 9.46. The Morgan fingerprint density at radius 1 is 1.04 bits per heavy atom. The van der Waals surface area contributed by atoms with Crippen LogP contribution in [0.1, 0.15) is 35.4 Å². The molecule has 1 fully saturated rings. The van der Waals surface area contributed by atoms with Gasteiger partial charge in [0.2, 0.25) is 0 Å². The summed E-state index contributed by atoms with van der Waals surface area (Å²) in [5.74, 6) is -0.132. The molecular formula is C21H26N3O3+. The van der Waals surface area contributed by atoms with Gasteiger partial charge in [0.25, 0.3) is 11.8 Å². The van der Waals surface area contributed by atoms with Crippen molar-refractivity contribution in [3.8, 4) is 0 Å². The van der Waals surface area contributed by atoms with Crippen LogP contribution in [0.2, 0.25) is 0 Å². The van der Waals surface area contributed by atoms with Gasteiger partial charge >= 0.3 is 0 Å². The van der Waals surface area contributed by atoms with E-state index < -0.39 is 0 Å². The fraction of sp³-hybridized carbons (Fsp3) is 0.333. The molecule has 0 aliphatic carbocycles. The van der Waals surface area contributed by atoms with Crippen LogP contribution in [-0.2, 0) is 4.79 Å². The van der Waals surface area contributed by atoms with Gasteiger partial charge in [0.15, 0.2) is 0 Å². The van der Waals surface area contributed by atoms with Crippen molar-refractivity contribution in [1.82, 2.24) is 10.6 Å². The first-order valence-corrected chi connectivity index (χ1v) is 9.46. The second-order valence-electron chi connectivity index (χ2n) is 6.71. The summed E-state index contributed by atoms with van der Waals surface area (Å²) in [6, 6.07) is 12.3. The largest absolute Gasteiger partial charge is 0.465 e. The molecule has 0 bridgehead atoms. The van der Waals surface area contributed by atoms with Crippen molar-refractivity contribution in [3.05, 3.63) is 65.7 Å². The molecule has 0 unspecified atom stereocenters. The zero-order valence-corrected chi connectivity index (χ0v) is 15.4. The smallest absolute Gasteiger partial charge is 0.268 e. The number of rotatable bonds is 7. The van der Waals surface area contributed by atoms with Gasteiger partial charge in [-0.2, -0.15) is 0 Å². The second kappa shape index (κ2) is 9.73. The topological polar surface area (TPSA) is 75.8 Å². The first-order chi connectivity index (χ1) is 13.2. The lowest BCUT2D eigenvalue weighted by molar-refractivity contribution is -0.903. The van der Waals surface area contributed by atoms with Crippen LogP contribution in [0.3, 0.4) is 0 Å². The third-order valence-corrected chi connectivity index (χ3v) is 4.68. The maximum absolute atomic E-state index is 12.6. The van der Waals surface area contributed by atoms with Gasteiger partial charge in [-0.3, -0.25) is 9.59 Å². The molecule has 3 rings (SSSR count). The number of quaternary nitrogens is 1. The molecule has 1 aromatic carbocycles. The summed E-state index contributed by atoms with van der Waals surface area (Å²) in [6.07, 6.45) is 6.88. The van der Waals surface area contributed by atoms with Gasteiger partial charge < -0.3 is 20.0 Å². The number of amides is 2. The van der Waals surface area contributed by atoms with Crippen LogP contribution in [-0.4, -0.2) is 38.0 Å². The minimum atomic E-state index is -0.329. The number of hydrogen-bond donors (Lipinski definition) is 3. The molecule has 2 amide bonds. The molecule has 6 heteroatoms. The van der Waals surface area contributed by atoms with E-state index >= 15 is 0 Å². The number of carbonyl (C=O) groups is 2. The van der Waals surface area contributed by atoms with E-state index in [1.807, 2.05) is 6.07 Å². The Morgan fingerprint density at radius 3 is 2.52 bits per heavy atom. The van der Waals surface area contributed by atoms with Crippen LogP contribution in [0.15, 0.2) is 58.8 Å². The molecule has 3 N–H and O–H groups in total. The molecule has 0 radical (unpaired) electrons. The Labute approximate surface area is 159 Å². The van der Waals surface area contributed by atoms with Crippen molar-refractivity contribution in [2.75, 3.05) is 26.2 Å². The van der Waals surface area contributed by atoms with Crippen LogP contribution in [0.25, 0.3) is 6.08 Å². The fourth-order valence-corrected chi connectivity index (χ4v) is 3.21. The molecule has 2 aromatic rings. The lowest BCUT2D eigenvalue weighted by Gasteiger charge is -2.23. The Hall–Kier alpha value is -2.86. The Kier molecular flexibility index (Phi) is 6.82. The molecule has 2 heterocycles. The maximum Gasteiger partial charge on any atom is 0.268 e. The average Bonchev–Trinajstić information content (AvgIpc) is 3.22. The van der Waals surface area contributed by atoms with E-state index in [0.29, 0.717) is 17.9 Å². The van der Waals surface area contributed by atoms with Crippen LogP contribution < -0.4 is 15.5 Å². The molecule has 27 heavy (non-hydrogen) atoms. The lowest BCUT2D eigenvalue weighted by Crippen LogP contribution is -3.13. The van der Waals surface area contributed by atoms with Gasteiger partial charge in [0.1, 0.15) is 11.5 Å². The molecule has 0 saturated carbocycles. The summed E-state index contributed by atoms with van der Waals surface area (Å²) in [6.45, 7) is 3.79. The van der Waals surface area contributed by atoms with E-state index in [9.17, 15) is 9.59 Å². The third-order valence-electron chi connectivity index (χ3n) is 4.68. The van der Waals surface area contributed by atoms with Crippen molar-refractivity contribution in [1.29, 1.82) is 0 Å². The van der Waals surface area contributed by atoms with Gasteiger partial charge in [0, 0.05) is 11.6 Å². The molecule has 142 valence electrons. The van der Waals surface area contributed by atoms with E-state index in [4.69, 9.17) is 4.42 Å². The number of likely N-dealkylation sites (tertiary alicyclic amines) is 1. The number of furan rings is 1. The van der Waals surface area contributed by atoms with Gasteiger partial charge in [-0.05, 0) is 43.5 Å². The van der Waals surface area contributed by atoms with Gasteiger partial charge in [0.05, 0.1) is 32.4 Å². The summed E-state index contributed by atoms with van der Waals surface area (Å²) in [7, 11) is 0. The molecule has 1 aliphatic heterocycles. The molecule has 1 aromatic heterocycles. The zero-order valence-electron chi connectivity index (χ0n) is 15.4. The highest BCUT2D eigenvalue weighted by molar-refractivity contribution is 6.05. The number of hydrogen-bond acceptors (Lipinski definition) is 3. The Morgan fingerprint density at radius 2 is 1.81 bits per heavy atom. The van der Waals surface area contributed by atoms with Crippen molar-refractivity contribution in [2.24, 2.45) is 0 Å². The van der Waals surface area contributed by atoms with E-state index in [-0.39, 0.29) is 17.5 Å². The highest BCUT2D eigenvalue weighted by Gasteiger charge is 2.17. The third kappa shape index (κ3) is 5.82. The van der Waals surface area contributed by atoms with Gasteiger partial charge in [-0.1, -0.05) is 18.2 Å². The van der Waals surface area contributed by atoms with Crippen LogP contribution in [0, 0.1) is 0 Å². The summed E-state index contributed by atoms with van der Waals surface area (Å²) >= 11 is 0. The molecule has 1 aliphatic rings. The SMILES string of the molecule is O=C(NCC[NH+]1CCCCC1)/C(=C/c1ccco1)NC(=O)c1ccccc1. The van der Waals surface area contributed by atoms with E-state index in [0.717, 1.165) is 19.6 Å². The van der Waals surface area contributed by atoms with E-state index in [2.05, 4.69) is 10.6 Å². The standard InChI is InChI=1S/C21H25N3O3/c25-20(17-8-3-1-4-9-17)23-19(16-18-10-7-15-27-18)21(26)22-11-14-24-12-5-2-6-13-24/h1,3-4,7-10,15-16H,2,5-6,11-14H2,(H,22,26)(H,23,25)/p+1/b19-16-. The second-order valence-corrected chi connectivity index (χ2v) is 6.71. The predicted molar refractivity (Wildman–Crippen MR) is 103 cm³/mol. The Bertz CT molecular complexity index is 763. The van der Waals surface area contributed by atoms with E-state index in [1.165, 1.54) is 30.4 Å². The number of piperidine rings is 1. The fourth-order valence-electron chi connectivity index (χ4n) is 3.21. The minimum absolute atomic E-state index is 0.174. The normalized spacial score (nSPS) is 15.3. The minimum Gasteiger partial charge on any atom is -0.465 e. The maximum atomic E-state index is 12.6. The van der Waals surface area contributed by atoms with Gasteiger partial charge in [-0.25, -0.2) is 0 Å². The van der Waals surface area contributed by atoms with Crippen molar-refractivity contribution >= 4 is 17.9 Å². The van der Waals surface area contributed by atoms with Crippen LogP contribution >= 0.6 is 0 Å². The van der Waals surface area contributed by atoms with Crippen LogP contribution in [0.5, 0.6) is 0 Å². The lowest BCUT2D eigenvalue weighted by atomic mass is 10.1. The quantitative estimate of drug-likeness (QED) is 0.644. The molecule has 6 nitrogen and oxygen atoms in total. The van der Waals surface area contributed by atoms with Crippen molar-refractivity contribution in [3.63, 3.8) is 0 Å².